The maximum atomic E-state index is 12.7. The fourth-order valence-electron chi connectivity index (χ4n) is 3.16. The molecule has 1 aliphatic heterocycles. The summed E-state index contributed by atoms with van der Waals surface area (Å²) >= 11 is 6.21. The van der Waals surface area contributed by atoms with Crippen LogP contribution in [0.25, 0.3) is 0 Å². The van der Waals surface area contributed by atoms with Gasteiger partial charge in [-0.1, -0.05) is 23.7 Å². The first-order valence-corrected chi connectivity index (χ1v) is 8.96. The SMILES string of the molecule is CCOC(=O)C1=C(C)Nc2nc(N(C)C)nc(N)c2C1c1cccc(Cl)c1. The molecule has 3 rings (SSSR count). The van der Waals surface area contributed by atoms with E-state index in [1.54, 1.807) is 17.9 Å². The Morgan fingerprint density at radius 1 is 1.37 bits per heavy atom. The molecule has 1 aromatic heterocycles. The van der Waals surface area contributed by atoms with Crippen LogP contribution in [0.4, 0.5) is 17.6 Å². The Hall–Kier alpha value is -2.80. The number of allylic oxidation sites excluding steroid dienone is 1. The van der Waals surface area contributed by atoms with Crippen molar-refractivity contribution in [3.05, 3.63) is 51.7 Å². The van der Waals surface area contributed by atoms with Gasteiger partial charge in [0.25, 0.3) is 0 Å². The number of halogens is 1. The van der Waals surface area contributed by atoms with Crippen LogP contribution < -0.4 is 16.0 Å². The van der Waals surface area contributed by atoms with Gasteiger partial charge in [0.05, 0.1) is 18.1 Å². The van der Waals surface area contributed by atoms with Gasteiger partial charge >= 0.3 is 5.97 Å². The molecule has 1 atom stereocenters. The average Bonchev–Trinajstić information content (AvgIpc) is 2.60. The molecule has 0 amide bonds. The lowest BCUT2D eigenvalue weighted by atomic mass is 9.82. The highest BCUT2D eigenvalue weighted by molar-refractivity contribution is 6.30. The molecule has 3 N–H and O–H groups in total. The predicted octanol–water partition coefficient (Wildman–Crippen LogP) is 3.17. The van der Waals surface area contributed by atoms with Crippen molar-refractivity contribution in [3.8, 4) is 0 Å². The van der Waals surface area contributed by atoms with Gasteiger partial charge in [-0.25, -0.2) is 4.79 Å². The van der Waals surface area contributed by atoms with E-state index in [9.17, 15) is 4.79 Å². The van der Waals surface area contributed by atoms with Crippen molar-refractivity contribution in [2.75, 3.05) is 36.7 Å². The highest BCUT2D eigenvalue weighted by atomic mass is 35.5. The van der Waals surface area contributed by atoms with Crippen LogP contribution in [0.3, 0.4) is 0 Å². The van der Waals surface area contributed by atoms with E-state index in [1.165, 1.54) is 0 Å². The molecule has 0 radical (unpaired) electrons. The fraction of sp³-hybridized carbons (Fsp3) is 0.316. The number of ether oxygens (including phenoxy) is 1. The van der Waals surface area contributed by atoms with Gasteiger partial charge in [-0.05, 0) is 31.5 Å². The van der Waals surface area contributed by atoms with Gasteiger partial charge < -0.3 is 20.7 Å². The van der Waals surface area contributed by atoms with Crippen molar-refractivity contribution in [3.63, 3.8) is 0 Å². The molecule has 0 spiro atoms. The van der Waals surface area contributed by atoms with Crippen LogP contribution in [-0.2, 0) is 9.53 Å². The van der Waals surface area contributed by atoms with Crippen molar-refractivity contribution < 1.29 is 9.53 Å². The second kappa shape index (κ2) is 7.44. The summed E-state index contributed by atoms with van der Waals surface area (Å²) in [5.74, 6) is 0.470. The first-order valence-electron chi connectivity index (χ1n) is 8.58. The molecule has 0 saturated carbocycles. The lowest BCUT2D eigenvalue weighted by molar-refractivity contribution is -0.138. The molecule has 142 valence electrons. The van der Waals surface area contributed by atoms with E-state index in [1.807, 2.05) is 39.2 Å². The summed E-state index contributed by atoms with van der Waals surface area (Å²) in [5, 5.41) is 3.76. The molecule has 1 aromatic carbocycles. The van der Waals surface area contributed by atoms with Crippen LogP contribution in [0, 0.1) is 0 Å². The van der Waals surface area contributed by atoms with Crippen molar-refractivity contribution in [1.82, 2.24) is 9.97 Å². The van der Waals surface area contributed by atoms with E-state index in [-0.39, 0.29) is 6.61 Å². The quantitative estimate of drug-likeness (QED) is 0.778. The Morgan fingerprint density at radius 3 is 2.74 bits per heavy atom. The number of nitrogen functional groups attached to an aromatic ring is 1. The lowest BCUT2D eigenvalue weighted by Crippen LogP contribution is -2.27. The molecule has 0 aliphatic carbocycles. The third-order valence-electron chi connectivity index (χ3n) is 4.33. The predicted molar refractivity (Wildman–Crippen MR) is 107 cm³/mol. The van der Waals surface area contributed by atoms with Gasteiger partial charge in [0.15, 0.2) is 0 Å². The summed E-state index contributed by atoms with van der Waals surface area (Å²) < 4.78 is 5.29. The molecule has 0 fully saturated rings. The zero-order valence-electron chi connectivity index (χ0n) is 15.7. The average molecular weight is 388 g/mol. The summed E-state index contributed by atoms with van der Waals surface area (Å²) in [5.41, 5.74) is 8.89. The van der Waals surface area contributed by atoms with E-state index in [0.29, 0.717) is 39.4 Å². The van der Waals surface area contributed by atoms with E-state index >= 15 is 0 Å². The number of carbonyl (C=O) groups is 1. The molecule has 2 heterocycles. The maximum Gasteiger partial charge on any atom is 0.336 e. The van der Waals surface area contributed by atoms with Crippen LogP contribution in [0.15, 0.2) is 35.5 Å². The lowest BCUT2D eigenvalue weighted by Gasteiger charge is -2.30. The van der Waals surface area contributed by atoms with Crippen molar-refractivity contribution >= 4 is 35.2 Å². The minimum absolute atomic E-state index is 0.274. The van der Waals surface area contributed by atoms with Crippen LogP contribution in [-0.4, -0.2) is 36.6 Å². The van der Waals surface area contributed by atoms with Crippen molar-refractivity contribution in [2.24, 2.45) is 0 Å². The number of nitrogens with two attached hydrogens (primary N) is 1. The minimum Gasteiger partial charge on any atom is -0.463 e. The van der Waals surface area contributed by atoms with Crippen LogP contribution in [0.5, 0.6) is 0 Å². The molecular weight excluding hydrogens is 366 g/mol. The molecule has 7 nitrogen and oxygen atoms in total. The van der Waals surface area contributed by atoms with E-state index < -0.39 is 11.9 Å². The number of rotatable bonds is 4. The van der Waals surface area contributed by atoms with E-state index in [2.05, 4.69) is 15.3 Å². The Bertz CT molecular complexity index is 926. The number of nitrogens with zero attached hydrogens (tertiary/aromatic N) is 3. The summed E-state index contributed by atoms with van der Waals surface area (Å²) in [7, 11) is 3.68. The van der Waals surface area contributed by atoms with E-state index in [0.717, 1.165) is 5.56 Å². The number of anilines is 3. The van der Waals surface area contributed by atoms with Gasteiger partial charge in [0.2, 0.25) is 5.95 Å². The monoisotopic (exact) mass is 387 g/mol. The van der Waals surface area contributed by atoms with Crippen LogP contribution >= 0.6 is 11.6 Å². The third kappa shape index (κ3) is 3.55. The third-order valence-corrected chi connectivity index (χ3v) is 4.56. The van der Waals surface area contributed by atoms with Gasteiger partial charge in [0.1, 0.15) is 11.6 Å². The number of carbonyl (C=O) groups excluding carboxylic acids is 1. The Balaban J connectivity index is 2.26. The number of fused-ring (bicyclic) bond motifs is 1. The molecule has 1 aliphatic rings. The van der Waals surface area contributed by atoms with Gasteiger partial charge in [0, 0.05) is 30.4 Å². The number of esters is 1. The van der Waals surface area contributed by atoms with Gasteiger partial charge in [-0.15, -0.1) is 0 Å². The molecule has 0 saturated heterocycles. The molecular formula is C19H22ClN5O2. The zero-order chi connectivity index (χ0) is 19.7. The number of hydrogen-bond acceptors (Lipinski definition) is 7. The molecule has 0 bridgehead atoms. The summed E-state index contributed by atoms with van der Waals surface area (Å²) in [4.78, 5) is 23.5. The summed E-state index contributed by atoms with van der Waals surface area (Å²) in [6, 6.07) is 7.33. The highest BCUT2D eigenvalue weighted by Crippen LogP contribution is 2.44. The second-order valence-electron chi connectivity index (χ2n) is 6.44. The molecule has 8 heteroatoms. The van der Waals surface area contributed by atoms with Gasteiger partial charge in [-0.2, -0.15) is 9.97 Å². The molecule has 2 aromatic rings. The normalized spacial score (nSPS) is 15.8. The Labute approximate surface area is 163 Å². The smallest absolute Gasteiger partial charge is 0.336 e. The topological polar surface area (TPSA) is 93.4 Å². The number of aromatic nitrogens is 2. The largest absolute Gasteiger partial charge is 0.463 e. The number of benzene rings is 1. The number of hydrogen-bond donors (Lipinski definition) is 2. The standard InChI is InChI=1S/C19H22ClN5O2/c1-5-27-18(26)13-10(2)22-17-15(16(21)23-19(24-17)25(3)4)14(13)11-7-6-8-12(20)9-11/h6-9,14H,5H2,1-4H3,(H3,21,22,23,24). The zero-order valence-corrected chi connectivity index (χ0v) is 16.5. The minimum atomic E-state index is -0.477. The second-order valence-corrected chi connectivity index (χ2v) is 6.87. The first kappa shape index (κ1) is 19.0. The highest BCUT2D eigenvalue weighted by Gasteiger charge is 2.36. The Kier molecular flexibility index (Phi) is 5.23. The molecule has 27 heavy (non-hydrogen) atoms. The number of nitrogens with one attached hydrogen (secondary N) is 1. The van der Waals surface area contributed by atoms with E-state index in [4.69, 9.17) is 22.1 Å². The van der Waals surface area contributed by atoms with Gasteiger partial charge in [-0.3, -0.25) is 0 Å². The summed E-state index contributed by atoms with van der Waals surface area (Å²) in [6.45, 7) is 3.86. The Morgan fingerprint density at radius 2 is 2.11 bits per heavy atom. The van der Waals surface area contributed by atoms with Crippen molar-refractivity contribution in [2.45, 2.75) is 19.8 Å². The van der Waals surface area contributed by atoms with Crippen LogP contribution in [0.2, 0.25) is 5.02 Å². The van der Waals surface area contributed by atoms with Crippen LogP contribution in [0.1, 0.15) is 30.9 Å². The maximum absolute atomic E-state index is 12.7. The first-order chi connectivity index (χ1) is 12.8. The summed E-state index contributed by atoms with van der Waals surface area (Å²) in [6.07, 6.45) is 0. The molecule has 1 unspecified atom stereocenters. The van der Waals surface area contributed by atoms with Crippen molar-refractivity contribution in [1.29, 1.82) is 0 Å². The fourth-order valence-corrected chi connectivity index (χ4v) is 3.36.